The molecule has 0 spiro atoms. The van der Waals surface area contributed by atoms with Crippen LogP contribution in [0.3, 0.4) is 0 Å². The largest absolute Gasteiger partial charge is 0.310 e. The molecule has 4 heteroatoms. The number of benzene rings is 10. The van der Waals surface area contributed by atoms with Gasteiger partial charge in [0, 0.05) is 50.0 Å². The number of hydrogen-bond donors (Lipinski definition) is 0. The molecule has 10 aromatic carbocycles. The molecule has 62 heavy (non-hydrogen) atoms. The summed E-state index contributed by atoms with van der Waals surface area (Å²) in [4.78, 5) is 4.89. The highest BCUT2D eigenvalue weighted by Gasteiger charge is 2.26. The normalized spacial score (nSPS) is 11.5. The van der Waals surface area contributed by atoms with Crippen molar-refractivity contribution in [1.29, 1.82) is 0 Å². The molecule has 0 bridgehead atoms. The summed E-state index contributed by atoms with van der Waals surface area (Å²) in [7, 11) is 0. The van der Waals surface area contributed by atoms with Crippen LogP contribution >= 0.6 is 0 Å². The molecule has 0 unspecified atom stereocenters. The molecule has 2 aromatic heterocycles. The summed E-state index contributed by atoms with van der Waals surface area (Å²) in [5.41, 5.74) is 13.3. The minimum Gasteiger partial charge on any atom is -0.310 e. The zero-order valence-corrected chi connectivity index (χ0v) is 33.9. The van der Waals surface area contributed by atoms with E-state index in [0.29, 0.717) is 0 Å². The smallest absolute Gasteiger partial charge is 0.0583 e. The topological polar surface area (TPSA) is 16.3 Å². The maximum atomic E-state index is 2.46. The third kappa shape index (κ3) is 5.76. The van der Waals surface area contributed by atoms with Gasteiger partial charge >= 0.3 is 0 Å². The molecule has 0 fully saturated rings. The summed E-state index contributed by atoms with van der Waals surface area (Å²) in [6.45, 7) is 0. The van der Waals surface area contributed by atoms with Crippen LogP contribution in [0.5, 0.6) is 0 Å². The van der Waals surface area contributed by atoms with Crippen molar-refractivity contribution in [3.05, 3.63) is 243 Å². The Hall–Kier alpha value is -8.34. The lowest BCUT2D eigenvalue weighted by molar-refractivity contribution is 1.18. The zero-order chi connectivity index (χ0) is 41.0. The minimum absolute atomic E-state index is 1.05. The number of rotatable bonds is 8. The van der Waals surface area contributed by atoms with Crippen molar-refractivity contribution in [2.24, 2.45) is 0 Å². The van der Waals surface area contributed by atoms with Crippen molar-refractivity contribution >= 4 is 88.5 Å². The molecule has 12 aromatic rings. The molecule has 12 rings (SSSR count). The van der Waals surface area contributed by atoms with E-state index >= 15 is 0 Å². The van der Waals surface area contributed by atoms with Crippen LogP contribution in [0.15, 0.2) is 243 Å². The number of fused-ring (bicyclic) bond motifs is 7. The van der Waals surface area contributed by atoms with Crippen molar-refractivity contribution in [3.63, 3.8) is 0 Å². The lowest BCUT2D eigenvalue weighted by Gasteiger charge is -2.31. The fourth-order valence-electron chi connectivity index (χ4n) is 9.59. The summed E-state index contributed by atoms with van der Waals surface area (Å²) in [6.07, 6.45) is 0. The first-order valence-corrected chi connectivity index (χ1v) is 21.2. The molecule has 0 radical (unpaired) electrons. The second-order valence-electron chi connectivity index (χ2n) is 15.8. The average molecular weight is 793 g/mol. The van der Waals surface area contributed by atoms with Crippen LogP contribution < -0.4 is 9.80 Å². The van der Waals surface area contributed by atoms with Crippen LogP contribution in [0.25, 0.3) is 65.8 Å². The number of hydrogen-bond acceptors (Lipinski definition) is 2. The maximum Gasteiger partial charge on any atom is 0.0583 e. The van der Waals surface area contributed by atoms with E-state index in [4.69, 9.17) is 0 Å². The van der Waals surface area contributed by atoms with Crippen LogP contribution in [0.1, 0.15) is 0 Å². The molecule has 0 amide bonds. The van der Waals surface area contributed by atoms with Gasteiger partial charge in [-0.3, -0.25) is 0 Å². The van der Waals surface area contributed by atoms with Gasteiger partial charge in [0.25, 0.3) is 0 Å². The van der Waals surface area contributed by atoms with Crippen LogP contribution in [-0.4, -0.2) is 9.13 Å². The van der Waals surface area contributed by atoms with Gasteiger partial charge in [-0.25, -0.2) is 0 Å². The summed E-state index contributed by atoms with van der Waals surface area (Å²) in [5.74, 6) is 0. The molecular formula is C58H40N4. The van der Waals surface area contributed by atoms with Crippen LogP contribution in [0.4, 0.5) is 34.1 Å². The first-order chi connectivity index (χ1) is 30.8. The van der Waals surface area contributed by atoms with Crippen LogP contribution in [-0.2, 0) is 0 Å². The zero-order valence-electron chi connectivity index (χ0n) is 33.9. The van der Waals surface area contributed by atoms with E-state index in [1.54, 1.807) is 0 Å². The van der Waals surface area contributed by atoms with E-state index in [1.807, 2.05) is 0 Å². The molecule has 0 saturated heterocycles. The Bertz CT molecular complexity index is 3530. The summed E-state index contributed by atoms with van der Waals surface area (Å²) in [5, 5.41) is 7.18. The molecule has 0 aliphatic rings. The Balaban J connectivity index is 1.23. The molecule has 292 valence electrons. The fraction of sp³-hybridized carbons (Fsp3) is 0. The monoisotopic (exact) mass is 792 g/mol. The molecule has 2 heterocycles. The van der Waals surface area contributed by atoms with Gasteiger partial charge in [-0.1, -0.05) is 146 Å². The second kappa shape index (κ2) is 14.7. The van der Waals surface area contributed by atoms with Crippen molar-refractivity contribution in [3.8, 4) is 11.4 Å². The van der Waals surface area contributed by atoms with Crippen molar-refractivity contribution in [2.45, 2.75) is 0 Å². The summed E-state index contributed by atoms with van der Waals surface area (Å²) in [6, 6.07) is 87.8. The van der Waals surface area contributed by atoms with E-state index in [-0.39, 0.29) is 0 Å². The molecule has 4 nitrogen and oxygen atoms in total. The number of nitrogens with zero attached hydrogens (tertiary/aromatic N) is 4. The predicted molar refractivity (Wildman–Crippen MR) is 262 cm³/mol. The van der Waals surface area contributed by atoms with E-state index in [0.717, 1.165) is 62.0 Å². The Labute approximate surface area is 360 Å². The fourth-order valence-corrected chi connectivity index (χ4v) is 9.59. The van der Waals surface area contributed by atoms with Gasteiger partial charge in [0.05, 0.1) is 39.1 Å². The van der Waals surface area contributed by atoms with Gasteiger partial charge in [0.2, 0.25) is 0 Å². The molecule has 0 atom stereocenters. The Morgan fingerprint density at radius 1 is 0.258 bits per heavy atom. The van der Waals surface area contributed by atoms with Gasteiger partial charge in [-0.15, -0.1) is 0 Å². The minimum atomic E-state index is 1.05. The number of anilines is 6. The van der Waals surface area contributed by atoms with Crippen molar-refractivity contribution in [2.75, 3.05) is 9.80 Å². The van der Waals surface area contributed by atoms with Crippen LogP contribution in [0.2, 0.25) is 0 Å². The van der Waals surface area contributed by atoms with Gasteiger partial charge in [0.1, 0.15) is 0 Å². The summed E-state index contributed by atoms with van der Waals surface area (Å²) >= 11 is 0. The number of para-hydroxylation sites is 6. The SMILES string of the molecule is c1ccc(N(c2cc(N(c3ccccc3)c3ccccc3)c3c4ccccc4n(-c4ccc5ccccc5c4)c3c2)c2cccc3c2c2ccccc2n3-c2ccccc2)cc1. The molecule has 0 saturated carbocycles. The molecule has 0 aliphatic carbocycles. The Morgan fingerprint density at radius 3 is 1.34 bits per heavy atom. The first kappa shape index (κ1) is 35.6. The maximum absolute atomic E-state index is 2.46. The third-order valence-electron chi connectivity index (χ3n) is 12.2. The van der Waals surface area contributed by atoms with Crippen molar-refractivity contribution < 1.29 is 0 Å². The van der Waals surface area contributed by atoms with E-state index in [9.17, 15) is 0 Å². The highest BCUT2D eigenvalue weighted by molar-refractivity contribution is 6.20. The number of aromatic nitrogens is 2. The van der Waals surface area contributed by atoms with Gasteiger partial charge in [0.15, 0.2) is 0 Å². The van der Waals surface area contributed by atoms with E-state index < -0.39 is 0 Å². The molecule has 0 aliphatic heterocycles. The van der Waals surface area contributed by atoms with E-state index in [2.05, 4.69) is 262 Å². The predicted octanol–water partition coefficient (Wildman–Crippen LogP) is 16.0. The van der Waals surface area contributed by atoms with Crippen molar-refractivity contribution in [1.82, 2.24) is 9.13 Å². The lowest BCUT2D eigenvalue weighted by atomic mass is 10.0. The Kier molecular flexibility index (Phi) is 8.46. The van der Waals surface area contributed by atoms with Gasteiger partial charge in [-0.05, 0) is 108 Å². The highest BCUT2D eigenvalue weighted by Crippen LogP contribution is 2.50. The quantitative estimate of drug-likeness (QED) is 0.152. The van der Waals surface area contributed by atoms with Crippen LogP contribution in [0, 0.1) is 0 Å². The highest BCUT2D eigenvalue weighted by atomic mass is 15.2. The molecular weight excluding hydrogens is 753 g/mol. The summed E-state index contributed by atoms with van der Waals surface area (Å²) < 4.78 is 4.86. The first-order valence-electron chi connectivity index (χ1n) is 21.2. The third-order valence-corrected chi connectivity index (χ3v) is 12.2. The standard InChI is InChI=1S/C58H40N4/c1-5-22-43(23-6-1)59(44-24-7-2-8-25-44)55-39-48(40-56-58(55)50-31-16-18-33-52(50)62(56)47-37-36-41-20-13-14-21-42(41)38-47)60(45-26-9-3-10-27-45)53-34-19-35-54-57(53)49-30-15-17-32-51(49)61(54)46-28-11-4-12-29-46/h1-40H. The van der Waals surface area contributed by atoms with E-state index in [1.165, 1.54) is 37.8 Å². The second-order valence-corrected chi connectivity index (χ2v) is 15.8. The van der Waals surface area contributed by atoms with Gasteiger partial charge < -0.3 is 18.9 Å². The van der Waals surface area contributed by atoms with Gasteiger partial charge in [-0.2, -0.15) is 0 Å². The average Bonchev–Trinajstić information content (AvgIpc) is 3.86. The molecule has 0 N–H and O–H groups in total. The lowest BCUT2D eigenvalue weighted by Crippen LogP contribution is -2.14. The Morgan fingerprint density at radius 2 is 0.726 bits per heavy atom.